The third-order valence-corrected chi connectivity index (χ3v) is 7.77. The minimum absolute atomic E-state index is 0.250. The second-order valence-electron chi connectivity index (χ2n) is 9.11. The molecule has 2 N–H and O–H groups in total. The Morgan fingerprint density at radius 2 is 1.84 bits per heavy atom. The number of nitrogens with zero attached hydrogens (tertiary/aromatic N) is 1. The molecule has 2 aromatic heterocycles. The van der Waals surface area contributed by atoms with Crippen LogP contribution in [-0.2, 0) is 27.1 Å². The van der Waals surface area contributed by atoms with E-state index in [-0.39, 0.29) is 13.0 Å². The summed E-state index contributed by atoms with van der Waals surface area (Å²) in [7, 11) is 0. The van der Waals surface area contributed by atoms with E-state index in [1.54, 1.807) is 32.0 Å². The van der Waals surface area contributed by atoms with Crippen LogP contribution >= 0.6 is 11.3 Å². The van der Waals surface area contributed by atoms with Crippen molar-refractivity contribution in [1.82, 2.24) is 9.97 Å². The Labute approximate surface area is 224 Å². The summed E-state index contributed by atoms with van der Waals surface area (Å²) in [4.78, 5) is 47.8. The summed E-state index contributed by atoms with van der Waals surface area (Å²) < 4.78 is 10.9. The fourth-order valence-corrected chi connectivity index (χ4v) is 5.93. The molecular formula is C29H29N3O5S. The number of aromatic amines is 1. The lowest BCUT2D eigenvalue weighted by Gasteiger charge is -2.16. The van der Waals surface area contributed by atoms with Crippen molar-refractivity contribution in [3.05, 3.63) is 70.1 Å². The largest absolute Gasteiger partial charge is 0.462 e. The number of nitrogens with one attached hydrogen (secondary N) is 2. The number of amides is 1. The predicted molar refractivity (Wildman–Crippen MR) is 147 cm³/mol. The molecule has 1 aliphatic carbocycles. The molecule has 1 atom stereocenters. The first kappa shape index (κ1) is 25.7. The van der Waals surface area contributed by atoms with Crippen molar-refractivity contribution in [2.45, 2.75) is 52.1 Å². The molecule has 38 heavy (non-hydrogen) atoms. The SMILES string of the molecule is CCOC(=O)c1c(NC(=O)C(CC)OC(=O)c2ccc3nc(-c4ccccc4)[nH]c3c2)sc2c1CCCC2. The Hall–Kier alpha value is -3.98. The van der Waals surface area contributed by atoms with Gasteiger partial charge in [-0.1, -0.05) is 37.3 Å². The lowest BCUT2D eigenvalue weighted by atomic mass is 9.95. The van der Waals surface area contributed by atoms with E-state index in [0.29, 0.717) is 27.5 Å². The molecule has 0 saturated heterocycles. The molecule has 0 aliphatic heterocycles. The van der Waals surface area contributed by atoms with Crippen LogP contribution in [0.3, 0.4) is 0 Å². The van der Waals surface area contributed by atoms with Gasteiger partial charge in [-0.2, -0.15) is 0 Å². The Balaban J connectivity index is 1.32. The van der Waals surface area contributed by atoms with E-state index >= 15 is 0 Å². The van der Waals surface area contributed by atoms with Gasteiger partial charge in [-0.3, -0.25) is 4.79 Å². The van der Waals surface area contributed by atoms with Gasteiger partial charge in [-0.15, -0.1) is 11.3 Å². The third kappa shape index (κ3) is 5.19. The molecule has 0 saturated carbocycles. The summed E-state index contributed by atoms with van der Waals surface area (Å²) >= 11 is 1.41. The van der Waals surface area contributed by atoms with Crippen molar-refractivity contribution in [2.24, 2.45) is 0 Å². The number of thiophene rings is 1. The first-order chi connectivity index (χ1) is 18.5. The van der Waals surface area contributed by atoms with Crippen molar-refractivity contribution >= 4 is 45.2 Å². The standard InChI is InChI=1S/C29H29N3O5S/c1-3-22(26(33)32-27-24(29(35)36-4-2)19-12-8-9-13-23(19)38-27)37-28(34)18-14-15-20-21(16-18)31-25(30-20)17-10-6-5-7-11-17/h5-7,10-11,14-16,22H,3-4,8-9,12-13H2,1-2H3,(H,30,31)(H,32,33). The van der Waals surface area contributed by atoms with Gasteiger partial charge >= 0.3 is 11.9 Å². The van der Waals surface area contributed by atoms with Gasteiger partial charge < -0.3 is 19.8 Å². The molecule has 1 amide bonds. The molecule has 196 valence electrons. The number of aryl methyl sites for hydroxylation is 1. The van der Waals surface area contributed by atoms with Gasteiger partial charge in [0, 0.05) is 10.4 Å². The number of benzene rings is 2. The zero-order valence-electron chi connectivity index (χ0n) is 21.3. The molecule has 0 spiro atoms. The summed E-state index contributed by atoms with van der Waals surface area (Å²) in [6.45, 7) is 3.78. The van der Waals surface area contributed by atoms with Crippen LogP contribution in [0.15, 0.2) is 48.5 Å². The fourth-order valence-electron chi connectivity index (χ4n) is 4.65. The number of hydrogen-bond donors (Lipinski definition) is 2. The summed E-state index contributed by atoms with van der Waals surface area (Å²) in [6, 6.07) is 14.8. The number of esters is 2. The summed E-state index contributed by atoms with van der Waals surface area (Å²) in [5.74, 6) is -0.817. The van der Waals surface area contributed by atoms with Gasteiger partial charge in [0.25, 0.3) is 5.91 Å². The maximum Gasteiger partial charge on any atom is 0.341 e. The Morgan fingerprint density at radius 1 is 1.05 bits per heavy atom. The number of H-pyrrole nitrogens is 1. The molecular weight excluding hydrogens is 502 g/mol. The fraction of sp³-hybridized carbons (Fsp3) is 0.310. The van der Waals surface area contributed by atoms with Crippen LogP contribution in [-0.4, -0.2) is 40.5 Å². The number of ether oxygens (including phenoxy) is 2. The Bertz CT molecular complexity index is 1490. The lowest BCUT2D eigenvalue weighted by Crippen LogP contribution is -2.32. The average molecular weight is 532 g/mol. The minimum atomic E-state index is -1.02. The number of imidazole rings is 1. The first-order valence-corrected chi connectivity index (χ1v) is 13.7. The van der Waals surface area contributed by atoms with Crippen molar-refractivity contribution in [3.63, 3.8) is 0 Å². The molecule has 2 aromatic carbocycles. The van der Waals surface area contributed by atoms with Crippen molar-refractivity contribution in [2.75, 3.05) is 11.9 Å². The number of rotatable bonds is 8. The van der Waals surface area contributed by atoms with Crippen LogP contribution < -0.4 is 5.32 Å². The quantitative estimate of drug-likeness (QED) is 0.273. The summed E-state index contributed by atoms with van der Waals surface area (Å²) in [5.41, 5.74) is 4.05. The number of anilines is 1. The highest BCUT2D eigenvalue weighted by Crippen LogP contribution is 2.38. The van der Waals surface area contributed by atoms with Crippen LogP contribution in [0.4, 0.5) is 5.00 Å². The number of aromatic nitrogens is 2. The second-order valence-corrected chi connectivity index (χ2v) is 10.2. The molecule has 9 heteroatoms. The van der Waals surface area contributed by atoms with Gasteiger partial charge in [-0.05, 0) is 62.8 Å². The molecule has 2 heterocycles. The Morgan fingerprint density at radius 3 is 2.61 bits per heavy atom. The molecule has 1 aliphatic rings. The van der Waals surface area contributed by atoms with E-state index in [1.165, 1.54) is 11.3 Å². The van der Waals surface area contributed by atoms with Crippen LogP contribution in [0, 0.1) is 0 Å². The van der Waals surface area contributed by atoms with Gasteiger partial charge in [0.15, 0.2) is 6.10 Å². The van der Waals surface area contributed by atoms with E-state index in [9.17, 15) is 14.4 Å². The van der Waals surface area contributed by atoms with Gasteiger partial charge in [0.2, 0.25) is 0 Å². The summed E-state index contributed by atoms with van der Waals surface area (Å²) in [5, 5.41) is 3.31. The molecule has 4 aromatic rings. The molecule has 1 unspecified atom stereocenters. The highest BCUT2D eigenvalue weighted by Gasteiger charge is 2.30. The molecule has 0 bridgehead atoms. The number of hydrogen-bond acceptors (Lipinski definition) is 7. The molecule has 8 nitrogen and oxygen atoms in total. The first-order valence-electron chi connectivity index (χ1n) is 12.9. The highest BCUT2D eigenvalue weighted by molar-refractivity contribution is 7.17. The molecule has 0 radical (unpaired) electrons. The van der Waals surface area contributed by atoms with Crippen LogP contribution in [0.25, 0.3) is 22.4 Å². The Kier molecular flexibility index (Phi) is 7.55. The monoisotopic (exact) mass is 531 g/mol. The third-order valence-electron chi connectivity index (χ3n) is 6.56. The van der Waals surface area contributed by atoms with Crippen LogP contribution in [0.1, 0.15) is 64.3 Å². The van der Waals surface area contributed by atoms with Crippen molar-refractivity contribution < 1.29 is 23.9 Å². The summed E-state index contributed by atoms with van der Waals surface area (Å²) in [6.07, 6.45) is 2.95. The van der Waals surface area contributed by atoms with Gasteiger partial charge in [0.1, 0.15) is 10.8 Å². The zero-order chi connectivity index (χ0) is 26.6. The van der Waals surface area contributed by atoms with Crippen LogP contribution in [0.5, 0.6) is 0 Å². The average Bonchev–Trinajstić information content (AvgIpc) is 3.53. The maximum atomic E-state index is 13.2. The van der Waals surface area contributed by atoms with Gasteiger partial charge in [0.05, 0.1) is 28.8 Å². The normalized spacial score (nSPS) is 13.5. The number of carbonyl (C=O) groups excluding carboxylic acids is 3. The van der Waals surface area contributed by atoms with E-state index in [1.807, 2.05) is 30.3 Å². The minimum Gasteiger partial charge on any atom is -0.462 e. The topological polar surface area (TPSA) is 110 Å². The van der Waals surface area contributed by atoms with E-state index in [0.717, 1.165) is 47.2 Å². The van der Waals surface area contributed by atoms with E-state index in [4.69, 9.17) is 9.47 Å². The molecule has 5 rings (SSSR count). The van der Waals surface area contributed by atoms with Crippen molar-refractivity contribution in [3.8, 4) is 11.4 Å². The lowest BCUT2D eigenvalue weighted by molar-refractivity contribution is -0.124. The second kappa shape index (κ2) is 11.2. The van der Waals surface area contributed by atoms with E-state index in [2.05, 4.69) is 15.3 Å². The number of fused-ring (bicyclic) bond motifs is 2. The van der Waals surface area contributed by atoms with E-state index < -0.39 is 23.9 Å². The maximum absolute atomic E-state index is 13.2. The highest BCUT2D eigenvalue weighted by atomic mass is 32.1. The smallest absolute Gasteiger partial charge is 0.341 e. The zero-order valence-corrected chi connectivity index (χ0v) is 22.2. The predicted octanol–water partition coefficient (Wildman–Crippen LogP) is 5.92. The number of carbonyl (C=O) groups is 3. The van der Waals surface area contributed by atoms with Crippen molar-refractivity contribution in [1.29, 1.82) is 0 Å². The van der Waals surface area contributed by atoms with Gasteiger partial charge in [-0.25, -0.2) is 14.6 Å². The van der Waals surface area contributed by atoms with Crippen LogP contribution in [0.2, 0.25) is 0 Å². The molecule has 0 fully saturated rings.